The first-order valence-electron chi connectivity index (χ1n) is 9.71. The van der Waals surface area contributed by atoms with Crippen LogP contribution in [0.25, 0.3) is 0 Å². The molecule has 29 heavy (non-hydrogen) atoms. The van der Waals surface area contributed by atoms with E-state index in [1.54, 1.807) is 12.1 Å². The van der Waals surface area contributed by atoms with E-state index in [2.05, 4.69) is 15.2 Å². The van der Waals surface area contributed by atoms with Crippen LogP contribution in [0, 0.1) is 12.7 Å². The predicted molar refractivity (Wildman–Crippen MR) is 111 cm³/mol. The molecule has 152 valence electrons. The van der Waals surface area contributed by atoms with E-state index in [9.17, 15) is 9.18 Å². The zero-order chi connectivity index (χ0) is 20.4. The van der Waals surface area contributed by atoms with E-state index < -0.39 is 11.7 Å². The molecule has 2 aliphatic rings. The van der Waals surface area contributed by atoms with E-state index in [1.165, 1.54) is 12.3 Å². The summed E-state index contributed by atoms with van der Waals surface area (Å²) in [5.41, 5.74) is 3.75. The number of rotatable bonds is 6. The lowest BCUT2D eigenvalue weighted by atomic mass is 10.0. The summed E-state index contributed by atoms with van der Waals surface area (Å²) in [4.78, 5) is 18.8. The maximum atomic E-state index is 14.2. The normalized spacial score (nSPS) is 19.0. The summed E-state index contributed by atoms with van der Waals surface area (Å²) in [6, 6.07) is 10.5. The number of aryl methyl sites for hydroxylation is 1. The Hall–Kier alpha value is -2.77. The van der Waals surface area contributed by atoms with Crippen molar-refractivity contribution >= 4 is 29.2 Å². The summed E-state index contributed by atoms with van der Waals surface area (Å²) in [5, 5.41) is 2.70. The summed E-state index contributed by atoms with van der Waals surface area (Å²) in [5.74, 6) is -1.39. The molecule has 0 aromatic heterocycles. The molecule has 0 bridgehead atoms. The Kier molecular flexibility index (Phi) is 5.60. The van der Waals surface area contributed by atoms with Gasteiger partial charge in [-0.05, 0) is 42.8 Å². The molecule has 1 atom stereocenters. The number of ether oxygens (including phenoxy) is 2. The first-order chi connectivity index (χ1) is 14.0. The molecule has 0 spiro atoms. The highest BCUT2D eigenvalue weighted by Crippen LogP contribution is 2.34. The molecular formula is C22H24FN3O3. The molecular weight excluding hydrogens is 373 g/mol. The van der Waals surface area contributed by atoms with Crippen LogP contribution in [-0.4, -0.2) is 45.2 Å². The smallest absolute Gasteiger partial charge is 0.237 e. The Bertz CT molecular complexity index is 941. The second kappa shape index (κ2) is 8.31. The molecule has 1 fully saturated rings. The SMILES string of the molecule is Cc1cc(N=CC2C(=O)Nc3cccc(F)c32)ccc1N(C)CCC1OCCO1. The van der Waals surface area contributed by atoms with Crippen molar-refractivity contribution in [2.45, 2.75) is 25.6 Å². The Labute approximate surface area is 169 Å². The van der Waals surface area contributed by atoms with Crippen LogP contribution in [0.5, 0.6) is 0 Å². The average molecular weight is 397 g/mol. The third-order valence-electron chi connectivity index (χ3n) is 5.26. The fourth-order valence-corrected chi connectivity index (χ4v) is 3.75. The van der Waals surface area contributed by atoms with Crippen LogP contribution in [0.2, 0.25) is 0 Å². The molecule has 0 aliphatic carbocycles. The minimum atomic E-state index is -0.722. The highest BCUT2D eigenvalue weighted by molar-refractivity contribution is 6.12. The van der Waals surface area contributed by atoms with Gasteiger partial charge >= 0.3 is 0 Å². The van der Waals surface area contributed by atoms with Crippen molar-refractivity contribution in [2.24, 2.45) is 4.99 Å². The van der Waals surface area contributed by atoms with Crippen LogP contribution in [0.1, 0.15) is 23.5 Å². The lowest BCUT2D eigenvalue weighted by Crippen LogP contribution is -2.24. The monoisotopic (exact) mass is 397 g/mol. The first-order valence-corrected chi connectivity index (χ1v) is 9.71. The topological polar surface area (TPSA) is 63.2 Å². The van der Waals surface area contributed by atoms with Gasteiger partial charge < -0.3 is 19.7 Å². The zero-order valence-corrected chi connectivity index (χ0v) is 16.5. The van der Waals surface area contributed by atoms with Crippen molar-refractivity contribution < 1.29 is 18.7 Å². The Morgan fingerprint density at radius 1 is 1.28 bits per heavy atom. The number of nitrogens with zero attached hydrogens (tertiary/aromatic N) is 2. The van der Waals surface area contributed by atoms with E-state index in [0.29, 0.717) is 24.5 Å². The summed E-state index contributed by atoms with van der Waals surface area (Å²) < 4.78 is 25.1. The molecule has 1 saturated heterocycles. The van der Waals surface area contributed by atoms with Crippen LogP contribution in [-0.2, 0) is 14.3 Å². The van der Waals surface area contributed by atoms with Gasteiger partial charge in [-0.1, -0.05) is 6.07 Å². The number of nitrogens with one attached hydrogen (secondary N) is 1. The van der Waals surface area contributed by atoms with Gasteiger partial charge in [0.05, 0.1) is 18.9 Å². The molecule has 2 aliphatic heterocycles. The summed E-state index contributed by atoms with van der Waals surface area (Å²) in [7, 11) is 2.03. The van der Waals surface area contributed by atoms with Gasteiger partial charge in [0.2, 0.25) is 5.91 Å². The van der Waals surface area contributed by atoms with Gasteiger partial charge in [0.15, 0.2) is 6.29 Å². The largest absolute Gasteiger partial charge is 0.374 e. The van der Waals surface area contributed by atoms with E-state index >= 15 is 0 Å². The molecule has 0 saturated carbocycles. The Morgan fingerprint density at radius 3 is 2.83 bits per heavy atom. The second-order valence-electron chi connectivity index (χ2n) is 7.30. The fraction of sp³-hybridized carbons (Fsp3) is 0.364. The molecule has 2 heterocycles. The van der Waals surface area contributed by atoms with Crippen molar-refractivity contribution in [3.8, 4) is 0 Å². The number of anilines is 2. The van der Waals surface area contributed by atoms with Crippen LogP contribution in [0.3, 0.4) is 0 Å². The molecule has 1 unspecified atom stereocenters. The highest BCUT2D eigenvalue weighted by Gasteiger charge is 2.31. The van der Waals surface area contributed by atoms with Crippen molar-refractivity contribution in [1.82, 2.24) is 0 Å². The number of amides is 1. The van der Waals surface area contributed by atoms with Gasteiger partial charge in [0.1, 0.15) is 11.7 Å². The Morgan fingerprint density at radius 2 is 2.07 bits per heavy atom. The molecule has 6 nitrogen and oxygen atoms in total. The molecule has 4 rings (SSSR count). The number of fused-ring (bicyclic) bond motifs is 1. The number of hydrogen-bond donors (Lipinski definition) is 1. The number of halogens is 1. The van der Waals surface area contributed by atoms with Crippen LogP contribution >= 0.6 is 0 Å². The van der Waals surface area contributed by atoms with Crippen LogP contribution < -0.4 is 10.2 Å². The van der Waals surface area contributed by atoms with Gasteiger partial charge in [0.25, 0.3) is 0 Å². The van der Waals surface area contributed by atoms with Gasteiger partial charge in [-0.25, -0.2) is 4.39 Å². The van der Waals surface area contributed by atoms with Crippen LogP contribution in [0.15, 0.2) is 41.4 Å². The average Bonchev–Trinajstić information content (AvgIpc) is 3.32. The van der Waals surface area contributed by atoms with E-state index in [1.807, 2.05) is 32.2 Å². The standard InChI is InChI=1S/C22H24FN3O3/c1-14-12-15(6-7-19(14)26(2)9-8-20-28-10-11-29-20)24-13-16-21-17(23)4-3-5-18(21)25-22(16)27/h3-7,12-13,16,20H,8-11H2,1-2H3,(H,25,27). The third kappa shape index (κ3) is 4.16. The molecule has 1 N–H and O–H groups in total. The highest BCUT2D eigenvalue weighted by atomic mass is 19.1. The maximum absolute atomic E-state index is 14.2. The van der Waals surface area contributed by atoms with Gasteiger partial charge in [-0.2, -0.15) is 0 Å². The summed E-state index contributed by atoms with van der Waals surface area (Å²) >= 11 is 0. The van der Waals surface area contributed by atoms with Gasteiger partial charge in [0, 0.05) is 43.2 Å². The molecule has 2 aromatic carbocycles. The third-order valence-corrected chi connectivity index (χ3v) is 5.26. The number of carbonyl (C=O) groups excluding carboxylic acids is 1. The Balaban J connectivity index is 1.45. The number of aliphatic imine (C=N–C) groups is 1. The predicted octanol–water partition coefficient (Wildman–Crippen LogP) is 3.77. The first kappa shape index (κ1) is 19.5. The fourth-order valence-electron chi connectivity index (χ4n) is 3.75. The van der Waals surface area contributed by atoms with E-state index in [-0.39, 0.29) is 12.2 Å². The summed E-state index contributed by atoms with van der Waals surface area (Å²) in [6.07, 6.45) is 2.19. The van der Waals surface area contributed by atoms with Crippen molar-refractivity contribution in [2.75, 3.05) is 37.0 Å². The number of benzene rings is 2. The van der Waals surface area contributed by atoms with Crippen molar-refractivity contribution in [1.29, 1.82) is 0 Å². The van der Waals surface area contributed by atoms with E-state index in [0.717, 1.165) is 29.9 Å². The zero-order valence-electron chi connectivity index (χ0n) is 16.5. The molecule has 0 radical (unpaired) electrons. The van der Waals surface area contributed by atoms with Gasteiger partial charge in [-0.3, -0.25) is 9.79 Å². The minimum absolute atomic E-state index is 0.123. The van der Waals surface area contributed by atoms with E-state index in [4.69, 9.17) is 9.47 Å². The summed E-state index contributed by atoms with van der Waals surface area (Å²) in [6.45, 7) is 4.15. The molecule has 1 amide bonds. The number of hydrogen-bond acceptors (Lipinski definition) is 5. The second-order valence-corrected chi connectivity index (χ2v) is 7.30. The van der Waals surface area contributed by atoms with Crippen LogP contribution in [0.4, 0.5) is 21.5 Å². The number of carbonyl (C=O) groups is 1. The quantitative estimate of drug-likeness (QED) is 0.754. The molecule has 2 aromatic rings. The molecule has 7 heteroatoms. The minimum Gasteiger partial charge on any atom is -0.374 e. The van der Waals surface area contributed by atoms with Gasteiger partial charge in [-0.15, -0.1) is 0 Å². The maximum Gasteiger partial charge on any atom is 0.237 e. The van der Waals surface area contributed by atoms with Crippen molar-refractivity contribution in [3.05, 3.63) is 53.3 Å². The lowest BCUT2D eigenvalue weighted by Gasteiger charge is -2.23. The lowest BCUT2D eigenvalue weighted by molar-refractivity contribution is -0.115. The van der Waals surface area contributed by atoms with Crippen molar-refractivity contribution in [3.63, 3.8) is 0 Å².